The van der Waals surface area contributed by atoms with Crippen LogP contribution in [0.1, 0.15) is 28.6 Å². The number of benzene rings is 1. The van der Waals surface area contributed by atoms with Gasteiger partial charge >= 0.3 is 0 Å². The summed E-state index contributed by atoms with van der Waals surface area (Å²) in [5.74, 6) is 1.37. The van der Waals surface area contributed by atoms with Crippen molar-refractivity contribution in [2.75, 3.05) is 12.3 Å². The standard InChI is InChI=1S/C15H18N2OS/c1-8-3-4-12-11(5-8)13(16)14(19-12)15(18)17-7-10-6-9(10)2/h3-5,9-10H,6-7,16H2,1-2H3,(H,17,18). The zero-order valence-corrected chi connectivity index (χ0v) is 12.0. The number of nitrogens with two attached hydrogens (primary N) is 1. The lowest BCUT2D eigenvalue weighted by molar-refractivity contribution is 0.0956. The predicted octanol–water partition coefficient (Wildman–Crippen LogP) is 3.18. The molecule has 1 saturated carbocycles. The molecule has 1 amide bonds. The number of amides is 1. The quantitative estimate of drug-likeness (QED) is 0.903. The number of aryl methyl sites for hydroxylation is 1. The fraction of sp³-hybridized carbons (Fsp3) is 0.400. The number of anilines is 1. The average molecular weight is 274 g/mol. The van der Waals surface area contributed by atoms with Gasteiger partial charge in [-0.05, 0) is 37.3 Å². The van der Waals surface area contributed by atoms with Crippen LogP contribution in [0.4, 0.5) is 5.69 Å². The summed E-state index contributed by atoms with van der Waals surface area (Å²) in [7, 11) is 0. The van der Waals surface area contributed by atoms with Crippen LogP contribution < -0.4 is 11.1 Å². The van der Waals surface area contributed by atoms with Gasteiger partial charge < -0.3 is 11.1 Å². The van der Waals surface area contributed by atoms with Crippen molar-refractivity contribution in [3.63, 3.8) is 0 Å². The smallest absolute Gasteiger partial charge is 0.263 e. The first-order valence-corrected chi connectivity index (χ1v) is 7.44. The van der Waals surface area contributed by atoms with Crippen molar-refractivity contribution < 1.29 is 4.79 Å². The molecule has 3 N–H and O–H groups in total. The van der Waals surface area contributed by atoms with Gasteiger partial charge in [-0.25, -0.2) is 0 Å². The van der Waals surface area contributed by atoms with Crippen LogP contribution in [0.15, 0.2) is 18.2 Å². The van der Waals surface area contributed by atoms with E-state index in [9.17, 15) is 4.79 Å². The molecule has 2 atom stereocenters. The summed E-state index contributed by atoms with van der Waals surface area (Å²) in [6.45, 7) is 5.02. The highest BCUT2D eigenvalue weighted by molar-refractivity contribution is 7.21. The minimum Gasteiger partial charge on any atom is -0.397 e. The van der Waals surface area contributed by atoms with E-state index in [1.54, 1.807) is 0 Å². The molecule has 3 rings (SSSR count). The zero-order chi connectivity index (χ0) is 13.6. The number of carbonyl (C=O) groups excluding carboxylic acids is 1. The summed E-state index contributed by atoms with van der Waals surface area (Å²) >= 11 is 1.48. The molecule has 1 aromatic carbocycles. The number of hydrogen-bond donors (Lipinski definition) is 2. The van der Waals surface area contributed by atoms with Crippen LogP contribution >= 0.6 is 11.3 Å². The first-order chi connectivity index (χ1) is 9.06. The van der Waals surface area contributed by atoms with Crippen LogP contribution in [-0.4, -0.2) is 12.5 Å². The van der Waals surface area contributed by atoms with E-state index in [0.29, 0.717) is 16.5 Å². The summed E-state index contributed by atoms with van der Waals surface area (Å²) in [6, 6.07) is 6.12. The van der Waals surface area contributed by atoms with Crippen molar-refractivity contribution in [1.29, 1.82) is 0 Å². The second-order valence-electron chi connectivity index (χ2n) is 5.53. The Kier molecular flexibility index (Phi) is 2.97. The van der Waals surface area contributed by atoms with Crippen molar-refractivity contribution in [2.45, 2.75) is 20.3 Å². The minimum atomic E-state index is -0.0320. The fourth-order valence-corrected chi connectivity index (χ4v) is 3.41. The highest BCUT2D eigenvalue weighted by Crippen LogP contribution is 2.37. The van der Waals surface area contributed by atoms with Crippen molar-refractivity contribution in [3.8, 4) is 0 Å². The Morgan fingerprint density at radius 2 is 2.26 bits per heavy atom. The highest BCUT2D eigenvalue weighted by atomic mass is 32.1. The van der Waals surface area contributed by atoms with Gasteiger partial charge in [-0.2, -0.15) is 0 Å². The van der Waals surface area contributed by atoms with Crippen LogP contribution in [0.2, 0.25) is 0 Å². The van der Waals surface area contributed by atoms with Gasteiger partial charge in [0.1, 0.15) is 4.88 Å². The molecule has 3 nitrogen and oxygen atoms in total. The van der Waals surface area contributed by atoms with Gasteiger partial charge in [0.25, 0.3) is 5.91 Å². The third-order valence-electron chi connectivity index (χ3n) is 3.89. The number of fused-ring (bicyclic) bond motifs is 1. The number of nitrogen functional groups attached to an aromatic ring is 1. The Labute approximate surface area is 116 Å². The summed E-state index contributed by atoms with van der Waals surface area (Å²) in [5.41, 5.74) is 7.89. The van der Waals surface area contributed by atoms with Crippen LogP contribution in [-0.2, 0) is 0 Å². The van der Waals surface area contributed by atoms with Gasteiger partial charge in [0.2, 0.25) is 0 Å². The normalized spacial score (nSPS) is 21.6. The number of rotatable bonds is 3. The zero-order valence-electron chi connectivity index (χ0n) is 11.2. The number of hydrogen-bond acceptors (Lipinski definition) is 3. The van der Waals surface area contributed by atoms with Crippen molar-refractivity contribution in [1.82, 2.24) is 5.32 Å². The predicted molar refractivity (Wildman–Crippen MR) is 80.6 cm³/mol. The molecule has 0 saturated heterocycles. The first-order valence-electron chi connectivity index (χ1n) is 6.63. The second kappa shape index (κ2) is 4.53. The Bertz CT molecular complexity index is 647. The van der Waals surface area contributed by atoms with Crippen molar-refractivity contribution in [2.24, 2.45) is 11.8 Å². The molecule has 1 aromatic heterocycles. The summed E-state index contributed by atoms with van der Waals surface area (Å²) in [4.78, 5) is 12.8. The van der Waals surface area contributed by atoms with Gasteiger partial charge in [0.05, 0.1) is 5.69 Å². The average Bonchev–Trinajstić information content (AvgIpc) is 3.00. The first kappa shape index (κ1) is 12.5. The van der Waals surface area contributed by atoms with Gasteiger partial charge in [-0.1, -0.05) is 18.6 Å². The molecule has 0 bridgehead atoms. The molecule has 1 aliphatic rings. The van der Waals surface area contributed by atoms with Gasteiger partial charge in [-0.15, -0.1) is 11.3 Å². The van der Waals surface area contributed by atoms with Crippen molar-refractivity contribution in [3.05, 3.63) is 28.6 Å². The SMILES string of the molecule is Cc1ccc2sc(C(=O)NCC3CC3C)c(N)c2c1. The van der Waals surface area contributed by atoms with E-state index in [1.165, 1.54) is 17.8 Å². The maximum Gasteiger partial charge on any atom is 0.263 e. The molecular formula is C15H18N2OS. The summed E-state index contributed by atoms with van der Waals surface area (Å²) in [5, 5.41) is 3.99. The molecule has 0 aliphatic heterocycles. The van der Waals surface area contributed by atoms with E-state index < -0.39 is 0 Å². The number of carbonyl (C=O) groups is 1. The van der Waals surface area contributed by atoms with Gasteiger partial charge in [-0.3, -0.25) is 4.79 Å². The molecule has 0 radical (unpaired) electrons. The van der Waals surface area contributed by atoms with E-state index in [4.69, 9.17) is 5.73 Å². The Morgan fingerprint density at radius 1 is 1.53 bits per heavy atom. The minimum absolute atomic E-state index is 0.0320. The lowest BCUT2D eigenvalue weighted by atomic mass is 10.1. The molecule has 4 heteroatoms. The maximum atomic E-state index is 12.2. The van der Waals surface area contributed by atoms with Crippen LogP contribution in [0.5, 0.6) is 0 Å². The summed E-state index contributed by atoms with van der Waals surface area (Å²) in [6.07, 6.45) is 1.22. The topological polar surface area (TPSA) is 55.1 Å². The van der Waals surface area contributed by atoms with Crippen LogP contribution in [0, 0.1) is 18.8 Å². The van der Waals surface area contributed by atoms with Crippen LogP contribution in [0.3, 0.4) is 0 Å². The van der Waals surface area contributed by atoms with E-state index >= 15 is 0 Å². The molecule has 1 aliphatic carbocycles. The number of nitrogens with one attached hydrogen (secondary N) is 1. The lowest BCUT2D eigenvalue weighted by Gasteiger charge is -2.03. The van der Waals surface area contributed by atoms with Crippen LogP contribution in [0.25, 0.3) is 10.1 Å². The molecule has 19 heavy (non-hydrogen) atoms. The molecule has 1 heterocycles. The van der Waals surface area contributed by atoms with E-state index in [2.05, 4.69) is 12.2 Å². The molecule has 0 spiro atoms. The Balaban J connectivity index is 1.83. The second-order valence-corrected chi connectivity index (χ2v) is 6.58. The third kappa shape index (κ3) is 2.32. The van der Waals surface area contributed by atoms with Crippen molar-refractivity contribution >= 4 is 33.0 Å². The Morgan fingerprint density at radius 3 is 2.95 bits per heavy atom. The summed E-state index contributed by atoms with van der Waals surface area (Å²) < 4.78 is 1.08. The largest absolute Gasteiger partial charge is 0.397 e. The fourth-order valence-electron chi connectivity index (χ4n) is 2.39. The Hall–Kier alpha value is -1.55. The monoisotopic (exact) mass is 274 g/mol. The third-order valence-corrected chi connectivity index (χ3v) is 5.07. The van der Waals surface area contributed by atoms with Gasteiger partial charge in [0, 0.05) is 16.6 Å². The number of thiophene rings is 1. The molecule has 1 fully saturated rings. The van der Waals surface area contributed by atoms with Gasteiger partial charge in [0.15, 0.2) is 0 Å². The van der Waals surface area contributed by atoms with E-state index in [1.807, 2.05) is 25.1 Å². The molecular weight excluding hydrogens is 256 g/mol. The molecule has 2 unspecified atom stereocenters. The molecule has 100 valence electrons. The van der Waals surface area contributed by atoms with E-state index in [-0.39, 0.29) is 5.91 Å². The van der Waals surface area contributed by atoms with E-state index in [0.717, 1.165) is 28.1 Å². The lowest BCUT2D eigenvalue weighted by Crippen LogP contribution is -2.25. The maximum absolute atomic E-state index is 12.2. The molecule has 2 aromatic rings. The highest BCUT2D eigenvalue weighted by Gasteiger charge is 2.32.